The number of rotatable bonds is 5. The van der Waals surface area contributed by atoms with E-state index >= 15 is 0 Å². The molecule has 2 aromatic rings. The van der Waals surface area contributed by atoms with Crippen LogP contribution in [-0.4, -0.2) is 22.9 Å². The molecule has 2 N–H and O–H groups in total. The first kappa shape index (κ1) is 13.5. The Kier molecular flexibility index (Phi) is 3.94. The van der Waals surface area contributed by atoms with Crippen molar-refractivity contribution in [2.45, 2.75) is 6.54 Å². The van der Waals surface area contributed by atoms with Crippen molar-refractivity contribution in [1.82, 2.24) is 10.3 Å². The van der Waals surface area contributed by atoms with E-state index in [0.717, 1.165) is 6.20 Å². The molecule has 1 amide bonds. The van der Waals surface area contributed by atoms with Crippen LogP contribution in [0.1, 0.15) is 16.1 Å². The molecule has 8 heteroatoms. The molecule has 0 saturated carbocycles. The Labute approximate surface area is 114 Å². The Balaban J connectivity index is 2.20. The molecule has 0 aromatic carbocycles. The average molecular weight is 276 g/mol. The van der Waals surface area contributed by atoms with Gasteiger partial charge >= 0.3 is 0 Å². The summed E-state index contributed by atoms with van der Waals surface area (Å²) in [6, 6.07) is 4.71. The van der Waals surface area contributed by atoms with Crippen molar-refractivity contribution >= 4 is 17.4 Å². The van der Waals surface area contributed by atoms with Crippen molar-refractivity contribution in [2.75, 3.05) is 12.4 Å². The van der Waals surface area contributed by atoms with E-state index in [9.17, 15) is 14.9 Å². The van der Waals surface area contributed by atoms with Crippen LogP contribution < -0.4 is 10.6 Å². The summed E-state index contributed by atoms with van der Waals surface area (Å²) >= 11 is 0. The molecule has 8 nitrogen and oxygen atoms in total. The van der Waals surface area contributed by atoms with Gasteiger partial charge in [-0.15, -0.1) is 0 Å². The average Bonchev–Trinajstić information content (AvgIpc) is 2.97. The molecule has 0 aliphatic heterocycles. The number of carbonyl (C=O) groups excluding carboxylic acids is 1. The minimum Gasteiger partial charge on any atom is -0.467 e. The van der Waals surface area contributed by atoms with Crippen LogP contribution in [0, 0.1) is 10.1 Å². The summed E-state index contributed by atoms with van der Waals surface area (Å²) in [6.45, 7) is 0.153. The summed E-state index contributed by atoms with van der Waals surface area (Å²) in [5.74, 6) is 0.370. The molecular weight excluding hydrogens is 264 g/mol. The fraction of sp³-hybridized carbons (Fsp3) is 0.167. The molecule has 0 unspecified atom stereocenters. The second kappa shape index (κ2) is 5.83. The standard InChI is InChI=1S/C12H12N4O4/c1-13-11-5-9(10(7-14-11)16(18)19)12(17)15-6-8-3-2-4-20-8/h2-5,7H,6H2,1H3,(H,13,14)(H,15,17). The highest BCUT2D eigenvalue weighted by molar-refractivity contribution is 5.98. The van der Waals surface area contributed by atoms with Crippen LogP contribution in [0.4, 0.5) is 11.5 Å². The maximum absolute atomic E-state index is 12.0. The zero-order chi connectivity index (χ0) is 14.5. The highest BCUT2D eigenvalue weighted by Gasteiger charge is 2.21. The van der Waals surface area contributed by atoms with Crippen LogP contribution in [0.25, 0.3) is 0 Å². The summed E-state index contributed by atoms with van der Waals surface area (Å²) in [5, 5.41) is 16.2. The zero-order valence-corrected chi connectivity index (χ0v) is 10.6. The van der Waals surface area contributed by atoms with Crippen LogP contribution >= 0.6 is 0 Å². The van der Waals surface area contributed by atoms with E-state index in [0.29, 0.717) is 11.6 Å². The Morgan fingerprint density at radius 1 is 1.55 bits per heavy atom. The fourth-order valence-electron chi connectivity index (χ4n) is 1.59. The number of hydrogen-bond acceptors (Lipinski definition) is 6. The van der Waals surface area contributed by atoms with Gasteiger partial charge in [-0.2, -0.15) is 0 Å². The molecule has 0 atom stereocenters. The van der Waals surface area contributed by atoms with Crippen LogP contribution in [0.5, 0.6) is 0 Å². The number of furan rings is 1. The smallest absolute Gasteiger partial charge is 0.300 e. The van der Waals surface area contributed by atoms with Crippen molar-refractivity contribution in [3.05, 3.63) is 52.1 Å². The van der Waals surface area contributed by atoms with Gasteiger partial charge in [-0.3, -0.25) is 14.9 Å². The SMILES string of the molecule is CNc1cc(C(=O)NCc2ccco2)c([N+](=O)[O-])cn1. The first-order chi connectivity index (χ1) is 9.61. The normalized spacial score (nSPS) is 10.1. The van der Waals surface area contributed by atoms with E-state index in [1.54, 1.807) is 19.2 Å². The van der Waals surface area contributed by atoms with Gasteiger partial charge in [0.1, 0.15) is 23.3 Å². The molecule has 2 rings (SSSR count). The third-order valence-electron chi connectivity index (χ3n) is 2.58. The zero-order valence-electron chi connectivity index (χ0n) is 10.6. The third-order valence-corrected chi connectivity index (χ3v) is 2.58. The number of aromatic nitrogens is 1. The van der Waals surface area contributed by atoms with Gasteiger partial charge in [-0.1, -0.05) is 0 Å². The minimum absolute atomic E-state index is 0.0547. The first-order valence-corrected chi connectivity index (χ1v) is 5.74. The van der Waals surface area contributed by atoms with Crippen molar-refractivity contribution in [1.29, 1.82) is 0 Å². The maximum Gasteiger partial charge on any atom is 0.300 e. The van der Waals surface area contributed by atoms with E-state index in [1.807, 2.05) is 0 Å². The van der Waals surface area contributed by atoms with Gasteiger partial charge in [0.2, 0.25) is 0 Å². The van der Waals surface area contributed by atoms with E-state index in [1.165, 1.54) is 12.3 Å². The number of hydrogen-bond donors (Lipinski definition) is 2. The number of nitro groups is 1. The Hall–Kier alpha value is -2.90. The molecule has 0 saturated heterocycles. The summed E-state index contributed by atoms with van der Waals surface area (Å²) in [4.78, 5) is 26.1. The van der Waals surface area contributed by atoms with Crippen molar-refractivity contribution in [3.8, 4) is 0 Å². The maximum atomic E-state index is 12.0. The Bertz CT molecular complexity index is 624. The molecule has 0 spiro atoms. The molecule has 2 aromatic heterocycles. The molecule has 20 heavy (non-hydrogen) atoms. The summed E-state index contributed by atoms with van der Waals surface area (Å²) in [5.41, 5.74) is -0.401. The molecule has 0 bridgehead atoms. The number of pyridine rings is 1. The van der Waals surface area contributed by atoms with Crippen LogP contribution in [0.2, 0.25) is 0 Å². The van der Waals surface area contributed by atoms with Crippen LogP contribution in [-0.2, 0) is 6.54 Å². The topological polar surface area (TPSA) is 110 Å². The number of nitrogens with one attached hydrogen (secondary N) is 2. The number of anilines is 1. The highest BCUT2D eigenvalue weighted by atomic mass is 16.6. The Morgan fingerprint density at radius 3 is 2.95 bits per heavy atom. The van der Waals surface area contributed by atoms with Gasteiger partial charge in [0.05, 0.1) is 17.7 Å². The summed E-state index contributed by atoms with van der Waals surface area (Å²) < 4.78 is 5.07. The van der Waals surface area contributed by atoms with Crippen molar-refractivity contribution in [3.63, 3.8) is 0 Å². The first-order valence-electron chi connectivity index (χ1n) is 5.74. The van der Waals surface area contributed by atoms with Crippen molar-refractivity contribution in [2.24, 2.45) is 0 Å². The lowest BCUT2D eigenvalue weighted by Gasteiger charge is -2.06. The minimum atomic E-state index is -0.645. The van der Waals surface area contributed by atoms with Crippen LogP contribution in [0.3, 0.4) is 0 Å². The van der Waals surface area contributed by atoms with E-state index in [4.69, 9.17) is 4.42 Å². The second-order valence-corrected chi connectivity index (χ2v) is 3.86. The van der Waals surface area contributed by atoms with Gasteiger partial charge in [0.25, 0.3) is 11.6 Å². The molecular formula is C12H12N4O4. The largest absolute Gasteiger partial charge is 0.467 e. The fourth-order valence-corrected chi connectivity index (χ4v) is 1.59. The molecule has 2 heterocycles. The quantitative estimate of drug-likeness (QED) is 0.633. The highest BCUT2D eigenvalue weighted by Crippen LogP contribution is 2.20. The van der Waals surface area contributed by atoms with E-state index < -0.39 is 10.8 Å². The molecule has 104 valence electrons. The van der Waals surface area contributed by atoms with Gasteiger partial charge < -0.3 is 15.1 Å². The van der Waals surface area contributed by atoms with Crippen molar-refractivity contribution < 1.29 is 14.1 Å². The molecule has 0 radical (unpaired) electrons. The van der Waals surface area contributed by atoms with E-state index in [2.05, 4.69) is 15.6 Å². The van der Waals surface area contributed by atoms with Gasteiger partial charge in [-0.05, 0) is 12.1 Å². The van der Waals surface area contributed by atoms with E-state index in [-0.39, 0.29) is 17.8 Å². The second-order valence-electron chi connectivity index (χ2n) is 3.86. The molecule has 0 aliphatic rings. The predicted octanol–water partition coefficient (Wildman–Crippen LogP) is 1.55. The molecule has 0 aliphatic carbocycles. The molecule has 0 fully saturated rings. The Morgan fingerprint density at radius 2 is 2.35 bits per heavy atom. The van der Waals surface area contributed by atoms with Gasteiger partial charge in [-0.25, -0.2) is 4.98 Å². The predicted molar refractivity (Wildman–Crippen MR) is 70.3 cm³/mol. The lowest BCUT2D eigenvalue weighted by molar-refractivity contribution is -0.385. The van der Waals surface area contributed by atoms with Gasteiger partial charge in [0, 0.05) is 13.1 Å². The van der Waals surface area contributed by atoms with Crippen LogP contribution in [0.15, 0.2) is 35.1 Å². The monoisotopic (exact) mass is 276 g/mol. The summed E-state index contributed by atoms with van der Waals surface area (Å²) in [6.07, 6.45) is 2.53. The third kappa shape index (κ3) is 2.91. The number of carbonyl (C=O) groups is 1. The summed E-state index contributed by atoms with van der Waals surface area (Å²) in [7, 11) is 1.61. The number of nitrogens with zero attached hydrogens (tertiary/aromatic N) is 2. The van der Waals surface area contributed by atoms with Gasteiger partial charge in [0.15, 0.2) is 0 Å². The lowest BCUT2D eigenvalue weighted by Crippen LogP contribution is -2.23. The lowest BCUT2D eigenvalue weighted by atomic mass is 10.2. The number of amides is 1.